The van der Waals surface area contributed by atoms with Gasteiger partial charge in [0.05, 0.1) is 91.6 Å². The van der Waals surface area contributed by atoms with E-state index in [0.29, 0.717) is 67.4 Å². The first kappa shape index (κ1) is 40.9. The maximum atomic E-state index is 14.6. The first-order chi connectivity index (χ1) is 31.8. The van der Waals surface area contributed by atoms with Crippen molar-refractivity contribution in [3.63, 3.8) is 0 Å². The number of hydrogen-bond donors (Lipinski definition) is 0. The SMILES string of the molecule is N#Cc1ccc(-c2ccc3c4ccccc4n(-c4cc(-c5cc(C(F)(F)F)cc(C(F)(F)F)c5)c(-n5c6ccccc6c6ccc(-c7ccc(C#N)cc7C#N)cc65)cn4)c3c2)c(C#N)c1. The third-order valence-electron chi connectivity index (χ3n) is 11.7. The monoisotopic (exact) mass is 873 g/mol. The summed E-state index contributed by atoms with van der Waals surface area (Å²) in [5, 5.41) is 42.1. The van der Waals surface area contributed by atoms with Crippen molar-refractivity contribution in [3.05, 3.63) is 185 Å². The molecule has 0 radical (unpaired) electrons. The van der Waals surface area contributed by atoms with Gasteiger partial charge in [-0.05, 0) is 101 Å². The fraction of sp³-hybridized carbons (Fsp3) is 0.0377. The number of para-hydroxylation sites is 2. The van der Waals surface area contributed by atoms with Gasteiger partial charge in [-0.1, -0.05) is 72.8 Å². The standard InChI is InChI=1S/C53H25F6N7/c54-52(55,56)37-19-34(20-38(23-37)53(57,58)59)45-24-51(66-47-8-4-2-6-42(47)44-16-12-33(22-49(44)66)40-14-10-31(26-61)18-36(40)28-63)64-29-50(45)65-46-7-3-1-5-41(46)43-15-11-32(21-48(43)65)39-13-9-30(25-60)17-35(39)27-62/h1-24,29H. The number of nitrogens with zero attached hydrogens (tertiary/aromatic N) is 7. The second-order valence-electron chi connectivity index (χ2n) is 15.5. The highest BCUT2D eigenvalue weighted by Crippen LogP contribution is 2.44. The molecule has 66 heavy (non-hydrogen) atoms. The van der Waals surface area contributed by atoms with Crippen LogP contribution in [0.2, 0.25) is 0 Å². The molecule has 0 aliphatic heterocycles. The first-order valence-corrected chi connectivity index (χ1v) is 20.1. The lowest BCUT2D eigenvalue weighted by atomic mass is 9.97. The molecule has 0 unspecified atom stereocenters. The molecular weight excluding hydrogens is 849 g/mol. The average Bonchev–Trinajstić information content (AvgIpc) is 3.84. The minimum atomic E-state index is -5.15. The van der Waals surface area contributed by atoms with Gasteiger partial charge in [-0.2, -0.15) is 47.4 Å². The number of rotatable bonds is 5. The molecule has 7 nitrogen and oxygen atoms in total. The largest absolute Gasteiger partial charge is 0.416 e. The second-order valence-corrected chi connectivity index (χ2v) is 15.5. The summed E-state index contributed by atoms with van der Waals surface area (Å²) in [7, 11) is 0. The molecule has 0 spiro atoms. The number of aromatic nitrogens is 3. The first-order valence-electron chi connectivity index (χ1n) is 20.1. The van der Waals surface area contributed by atoms with Crippen molar-refractivity contribution < 1.29 is 26.3 Å². The Labute approximate surface area is 370 Å². The van der Waals surface area contributed by atoms with E-state index in [1.807, 2.05) is 66.7 Å². The van der Waals surface area contributed by atoms with Crippen LogP contribution in [0, 0.1) is 45.3 Å². The maximum absolute atomic E-state index is 14.6. The Hall–Kier alpha value is -9.17. The molecule has 0 N–H and O–H groups in total. The predicted octanol–water partition coefficient (Wildman–Crippen LogP) is 13.8. The summed E-state index contributed by atoms with van der Waals surface area (Å²) in [6, 6.07) is 46.3. The zero-order chi connectivity index (χ0) is 46.1. The van der Waals surface area contributed by atoms with Crippen molar-refractivity contribution in [1.29, 1.82) is 21.0 Å². The van der Waals surface area contributed by atoms with Crippen molar-refractivity contribution in [2.75, 3.05) is 0 Å². The summed E-state index contributed by atoms with van der Waals surface area (Å²) in [4.78, 5) is 4.94. The van der Waals surface area contributed by atoms with E-state index in [2.05, 4.69) is 12.1 Å². The third kappa shape index (κ3) is 6.71. The van der Waals surface area contributed by atoms with Gasteiger partial charge in [0, 0.05) is 27.1 Å². The lowest BCUT2D eigenvalue weighted by Gasteiger charge is -2.19. The Kier molecular flexibility index (Phi) is 9.46. The number of pyridine rings is 1. The van der Waals surface area contributed by atoms with Gasteiger partial charge in [-0.25, -0.2) is 4.98 Å². The molecule has 0 bridgehead atoms. The van der Waals surface area contributed by atoms with E-state index < -0.39 is 23.5 Å². The average molecular weight is 874 g/mol. The van der Waals surface area contributed by atoms with Crippen molar-refractivity contribution in [2.45, 2.75) is 12.4 Å². The quantitative estimate of drug-likeness (QED) is 0.160. The van der Waals surface area contributed by atoms with E-state index >= 15 is 0 Å². The molecule has 10 aromatic rings. The van der Waals surface area contributed by atoms with E-state index in [0.717, 1.165) is 16.2 Å². The second kappa shape index (κ2) is 15.3. The van der Waals surface area contributed by atoms with Gasteiger partial charge in [-0.3, -0.25) is 4.57 Å². The molecule has 0 amide bonds. The van der Waals surface area contributed by atoms with Crippen LogP contribution in [0.5, 0.6) is 0 Å². The van der Waals surface area contributed by atoms with Gasteiger partial charge in [0.1, 0.15) is 5.82 Å². The maximum Gasteiger partial charge on any atom is 0.416 e. The van der Waals surface area contributed by atoms with Gasteiger partial charge < -0.3 is 4.57 Å². The van der Waals surface area contributed by atoms with Crippen molar-refractivity contribution >= 4 is 43.6 Å². The van der Waals surface area contributed by atoms with Gasteiger partial charge in [0.15, 0.2) is 0 Å². The molecule has 0 saturated heterocycles. The van der Waals surface area contributed by atoms with Crippen LogP contribution in [0.3, 0.4) is 0 Å². The summed E-state index contributed by atoms with van der Waals surface area (Å²) < 4.78 is 91.2. The molecule has 3 aromatic heterocycles. The molecule has 3 heterocycles. The molecule has 0 fully saturated rings. The number of alkyl halides is 6. The van der Waals surface area contributed by atoms with Gasteiger partial charge >= 0.3 is 12.4 Å². The van der Waals surface area contributed by atoms with E-state index in [4.69, 9.17) is 4.98 Å². The lowest BCUT2D eigenvalue weighted by molar-refractivity contribution is -0.143. The zero-order valence-corrected chi connectivity index (χ0v) is 33.8. The van der Waals surface area contributed by atoms with Crippen molar-refractivity contribution in [2.24, 2.45) is 0 Å². The molecule has 0 atom stereocenters. The van der Waals surface area contributed by atoms with Crippen LogP contribution in [-0.2, 0) is 12.4 Å². The highest BCUT2D eigenvalue weighted by Gasteiger charge is 2.37. The Morgan fingerprint density at radius 1 is 0.409 bits per heavy atom. The number of nitriles is 4. The smallest absolute Gasteiger partial charge is 0.307 e. The van der Waals surface area contributed by atoms with E-state index in [-0.39, 0.29) is 45.4 Å². The fourth-order valence-corrected chi connectivity index (χ4v) is 8.78. The van der Waals surface area contributed by atoms with E-state index in [1.54, 1.807) is 63.7 Å². The van der Waals surface area contributed by atoms with Crippen molar-refractivity contribution in [1.82, 2.24) is 14.1 Å². The number of benzene rings is 7. The van der Waals surface area contributed by atoms with Crippen LogP contribution in [0.1, 0.15) is 33.4 Å². The zero-order valence-electron chi connectivity index (χ0n) is 33.8. The summed E-state index contributed by atoms with van der Waals surface area (Å²) in [6.07, 6.45) is -8.87. The normalized spacial score (nSPS) is 11.7. The highest BCUT2D eigenvalue weighted by molar-refractivity contribution is 6.12. The Bertz CT molecular complexity index is 3830. The summed E-state index contributed by atoms with van der Waals surface area (Å²) in [5.41, 5.74) is 2.34. The summed E-state index contributed by atoms with van der Waals surface area (Å²) >= 11 is 0. The van der Waals surface area contributed by atoms with Crippen LogP contribution >= 0.6 is 0 Å². The minimum absolute atomic E-state index is 0.0123. The van der Waals surface area contributed by atoms with Gasteiger partial charge in [0.25, 0.3) is 0 Å². The number of fused-ring (bicyclic) bond motifs is 6. The molecule has 0 saturated carbocycles. The van der Waals surface area contributed by atoms with Gasteiger partial charge in [0.2, 0.25) is 0 Å². The van der Waals surface area contributed by atoms with Crippen LogP contribution in [0.25, 0.3) is 88.5 Å². The number of halogens is 6. The molecule has 13 heteroatoms. The molecule has 7 aromatic carbocycles. The lowest BCUT2D eigenvalue weighted by Crippen LogP contribution is -2.11. The fourth-order valence-electron chi connectivity index (χ4n) is 8.78. The Balaban J connectivity index is 1.30. The molecule has 0 aliphatic rings. The van der Waals surface area contributed by atoms with Crippen LogP contribution < -0.4 is 0 Å². The van der Waals surface area contributed by atoms with E-state index in [1.165, 1.54) is 24.4 Å². The summed E-state index contributed by atoms with van der Waals surface area (Å²) in [5.74, 6) is 0.168. The van der Waals surface area contributed by atoms with Crippen molar-refractivity contribution in [3.8, 4) is 69.2 Å². The molecule has 10 rings (SSSR count). The third-order valence-corrected chi connectivity index (χ3v) is 11.7. The minimum Gasteiger partial charge on any atom is -0.307 e. The van der Waals surface area contributed by atoms with Crippen LogP contribution in [0.4, 0.5) is 26.3 Å². The topological polar surface area (TPSA) is 118 Å². The Morgan fingerprint density at radius 3 is 1.36 bits per heavy atom. The predicted molar refractivity (Wildman–Crippen MR) is 238 cm³/mol. The van der Waals surface area contributed by atoms with Crippen LogP contribution in [-0.4, -0.2) is 14.1 Å². The molecule has 0 aliphatic carbocycles. The van der Waals surface area contributed by atoms with Gasteiger partial charge in [-0.15, -0.1) is 0 Å². The Morgan fingerprint density at radius 2 is 0.879 bits per heavy atom. The van der Waals surface area contributed by atoms with Crippen LogP contribution in [0.15, 0.2) is 152 Å². The van der Waals surface area contributed by atoms with E-state index in [9.17, 15) is 47.4 Å². The highest BCUT2D eigenvalue weighted by atomic mass is 19.4. The number of hydrogen-bond acceptors (Lipinski definition) is 5. The molecular formula is C53H25F6N7. The molecule has 314 valence electrons. The summed E-state index contributed by atoms with van der Waals surface area (Å²) in [6.45, 7) is 0.